The summed E-state index contributed by atoms with van der Waals surface area (Å²) in [5.41, 5.74) is 4.40. The maximum Gasteiger partial charge on any atom is -0.0250 e. The third-order valence-corrected chi connectivity index (χ3v) is 2.26. The minimum absolute atomic E-state index is 0.754. The van der Waals surface area contributed by atoms with Crippen molar-refractivity contribution in [3.8, 4) is 0 Å². The molecule has 0 aromatic heterocycles. The van der Waals surface area contributed by atoms with Gasteiger partial charge < -0.3 is 0 Å². The van der Waals surface area contributed by atoms with Gasteiger partial charge in [-0.15, -0.1) is 0 Å². The van der Waals surface area contributed by atoms with Gasteiger partial charge in [-0.2, -0.15) is 0 Å². The van der Waals surface area contributed by atoms with Crippen LogP contribution in [-0.4, -0.2) is 0 Å². The lowest BCUT2D eigenvalue weighted by molar-refractivity contribution is 0.642. The van der Waals surface area contributed by atoms with Gasteiger partial charge >= 0.3 is 0 Å². The summed E-state index contributed by atoms with van der Waals surface area (Å²) in [7, 11) is 0. The lowest BCUT2D eigenvalue weighted by atomic mass is 9.95. The fraction of sp³-hybridized carbons (Fsp3) is 0.500. The molecule has 0 spiro atoms. The predicted molar refractivity (Wildman–Crippen MR) is 54.5 cm³/mol. The SMILES string of the molecule is Cc1cccc(C)c1CC(C)C. The molecule has 0 amide bonds. The van der Waals surface area contributed by atoms with Crippen LogP contribution in [0.1, 0.15) is 30.5 Å². The van der Waals surface area contributed by atoms with Crippen molar-refractivity contribution in [2.24, 2.45) is 5.92 Å². The van der Waals surface area contributed by atoms with E-state index in [-0.39, 0.29) is 0 Å². The van der Waals surface area contributed by atoms with Gasteiger partial charge in [0.05, 0.1) is 0 Å². The highest BCUT2D eigenvalue weighted by Crippen LogP contribution is 2.17. The monoisotopic (exact) mass is 162 g/mol. The summed E-state index contributed by atoms with van der Waals surface area (Å²) in [6.07, 6.45) is 1.21. The van der Waals surface area contributed by atoms with Gasteiger partial charge in [0.1, 0.15) is 0 Å². The molecule has 0 heterocycles. The highest BCUT2D eigenvalue weighted by Gasteiger charge is 2.03. The second kappa shape index (κ2) is 3.75. The summed E-state index contributed by atoms with van der Waals surface area (Å²) < 4.78 is 0. The Morgan fingerprint density at radius 1 is 1.08 bits per heavy atom. The Kier molecular flexibility index (Phi) is 2.91. The second-order valence-corrected chi connectivity index (χ2v) is 3.97. The molecule has 12 heavy (non-hydrogen) atoms. The molecule has 1 aromatic rings. The van der Waals surface area contributed by atoms with Gasteiger partial charge in [-0.3, -0.25) is 0 Å². The van der Waals surface area contributed by atoms with Crippen LogP contribution in [0.5, 0.6) is 0 Å². The Hall–Kier alpha value is -0.780. The molecule has 0 saturated heterocycles. The van der Waals surface area contributed by atoms with E-state index in [2.05, 4.69) is 45.9 Å². The van der Waals surface area contributed by atoms with Crippen LogP contribution < -0.4 is 0 Å². The molecule has 0 radical (unpaired) electrons. The normalized spacial score (nSPS) is 10.8. The number of hydrogen-bond donors (Lipinski definition) is 0. The summed E-state index contributed by atoms with van der Waals surface area (Å²) in [4.78, 5) is 0. The van der Waals surface area contributed by atoms with Crippen LogP contribution in [0.2, 0.25) is 0 Å². The molecule has 0 unspecified atom stereocenters. The number of benzene rings is 1. The van der Waals surface area contributed by atoms with E-state index in [0.717, 1.165) is 5.92 Å². The molecule has 0 aliphatic rings. The van der Waals surface area contributed by atoms with E-state index < -0.39 is 0 Å². The summed E-state index contributed by atoms with van der Waals surface area (Å²) in [5.74, 6) is 0.754. The van der Waals surface area contributed by atoms with Gasteiger partial charge in [-0.1, -0.05) is 32.0 Å². The van der Waals surface area contributed by atoms with Gasteiger partial charge in [-0.25, -0.2) is 0 Å². The van der Waals surface area contributed by atoms with E-state index >= 15 is 0 Å². The van der Waals surface area contributed by atoms with Gasteiger partial charge in [0.15, 0.2) is 0 Å². The quantitative estimate of drug-likeness (QED) is 0.624. The van der Waals surface area contributed by atoms with Crippen LogP contribution in [0, 0.1) is 19.8 Å². The molecule has 0 bridgehead atoms. The zero-order valence-corrected chi connectivity index (χ0v) is 8.52. The minimum Gasteiger partial charge on any atom is -0.0625 e. The Morgan fingerprint density at radius 2 is 1.58 bits per heavy atom. The Morgan fingerprint density at radius 3 is 2.00 bits per heavy atom. The minimum atomic E-state index is 0.754. The summed E-state index contributed by atoms with van der Waals surface area (Å²) in [5, 5.41) is 0. The van der Waals surface area contributed by atoms with Gasteiger partial charge in [0.25, 0.3) is 0 Å². The van der Waals surface area contributed by atoms with Crippen LogP contribution in [0.25, 0.3) is 0 Å². The second-order valence-electron chi connectivity index (χ2n) is 3.97. The molecule has 0 aliphatic heterocycles. The molecule has 1 aromatic carbocycles. The molecule has 1 rings (SSSR count). The first-order valence-corrected chi connectivity index (χ1v) is 4.66. The Labute approximate surface area is 75.6 Å². The zero-order valence-electron chi connectivity index (χ0n) is 8.52. The van der Waals surface area contributed by atoms with Crippen molar-refractivity contribution in [3.05, 3.63) is 34.9 Å². The third-order valence-electron chi connectivity index (χ3n) is 2.26. The standard InChI is InChI=1S/C12H18/c1-9(2)8-12-10(3)6-5-7-11(12)4/h5-7,9H,8H2,1-4H3. The van der Waals surface area contributed by atoms with Crippen molar-refractivity contribution in [3.63, 3.8) is 0 Å². The van der Waals surface area contributed by atoms with Gasteiger partial charge in [0, 0.05) is 0 Å². The van der Waals surface area contributed by atoms with Gasteiger partial charge in [-0.05, 0) is 42.9 Å². The predicted octanol–water partition coefficient (Wildman–Crippen LogP) is 3.50. The van der Waals surface area contributed by atoms with E-state index in [9.17, 15) is 0 Å². The van der Waals surface area contributed by atoms with Crippen LogP contribution in [0.15, 0.2) is 18.2 Å². The topological polar surface area (TPSA) is 0 Å². The number of aryl methyl sites for hydroxylation is 2. The van der Waals surface area contributed by atoms with Crippen molar-refractivity contribution in [1.82, 2.24) is 0 Å². The number of hydrogen-bond acceptors (Lipinski definition) is 0. The van der Waals surface area contributed by atoms with Crippen molar-refractivity contribution in [2.75, 3.05) is 0 Å². The van der Waals surface area contributed by atoms with E-state index in [1.807, 2.05) is 0 Å². The summed E-state index contributed by atoms with van der Waals surface area (Å²) in [6, 6.07) is 6.53. The highest BCUT2D eigenvalue weighted by molar-refractivity contribution is 5.33. The first kappa shape index (κ1) is 9.31. The molecule has 0 heteroatoms. The molecule has 0 aliphatic carbocycles. The van der Waals surface area contributed by atoms with E-state index in [4.69, 9.17) is 0 Å². The maximum absolute atomic E-state index is 2.27. The van der Waals surface area contributed by atoms with Crippen LogP contribution in [0.4, 0.5) is 0 Å². The molecule has 0 saturated carbocycles. The molecule has 66 valence electrons. The largest absolute Gasteiger partial charge is 0.0625 e. The molecule has 0 fully saturated rings. The zero-order chi connectivity index (χ0) is 9.14. The first-order valence-electron chi connectivity index (χ1n) is 4.66. The van der Waals surface area contributed by atoms with Crippen LogP contribution in [-0.2, 0) is 6.42 Å². The Balaban J connectivity index is 2.96. The smallest absolute Gasteiger partial charge is 0.0250 e. The Bertz CT molecular complexity index is 238. The molecule has 0 atom stereocenters. The highest BCUT2D eigenvalue weighted by atomic mass is 14.1. The lowest BCUT2D eigenvalue weighted by Gasteiger charge is -2.11. The average molecular weight is 162 g/mol. The van der Waals surface area contributed by atoms with Crippen LogP contribution >= 0.6 is 0 Å². The summed E-state index contributed by atoms with van der Waals surface area (Å²) >= 11 is 0. The van der Waals surface area contributed by atoms with E-state index in [0.29, 0.717) is 0 Å². The van der Waals surface area contributed by atoms with Crippen LogP contribution in [0.3, 0.4) is 0 Å². The van der Waals surface area contributed by atoms with Crippen molar-refractivity contribution in [1.29, 1.82) is 0 Å². The molecule has 0 N–H and O–H groups in total. The lowest BCUT2D eigenvalue weighted by Crippen LogP contribution is -1.99. The number of rotatable bonds is 2. The summed E-state index contributed by atoms with van der Waals surface area (Å²) in [6.45, 7) is 8.94. The third kappa shape index (κ3) is 2.10. The van der Waals surface area contributed by atoms with E-state index in [1.165, 1.54) is 23.1 Å². The molecule has 0 nitrogen and oxygen atoms in total. The van der Waals surface area contributed by atoms with Crippen molar-refractivity contribution >= 4 is 0 Å². The maximum atomic E-state index is 2.27. The fourth-order valence-corrected chi connectivity index (χ4v) is 1.58. The fourth-order valence-electron chi connectivity index (χ4n) is 1.58. The van der Waals surface area contributed by atoms with Crippen molar-refractivity contribution < 1.29 is 0 Å². The molecular formula is C12H18. The van der Waals surface area contributed by atoms with Gasteiger partial charge in [0.2, 0.25) is 0 Å². The van der Waals surface area contributed by atoms with E-state index in [1.54, 1.807) is 0 Å². The molecular weight excluding hydrogens is 144 g/mol. The van der Waals surface area contributed by atoms with Crippen molar-refractivity contribution in [2.45, 2.75) is 34.1 Å². The average Bonchev–Trinajstić information content (AvgIpc) is 1.97. The first-order chi connectivity index (χ1) is 5.61.